The van der Waals surface area contributed by atoms with Gasteiger partial charge in [0, 0.05) is 18.8 Å². The number of ether oxygens (including phenoxy) is 5. The van der Waals surface area contributed by atoms with E-state index >= 15 is 0 Å². The predicted octanol–water partition coefficient (Wildman–Crippen LogP) is 6.58. The number of carbonyl (C=O) groups is 4. The quantitative estimate of drug-likeness (QED) is 0.0400. The van der Waals surface area contributed by atoms with E-state index in [2.05, 4.69) is 22.4 Å². The van der Waals surface area contributed by atoms with E-state index in [1.165, 1.54) is 0 Å². The van der Waals surface area contributed by atoms with Gasteiger partial charge in [-0.25, -0.2) is 0 Å². The number of allylic oxidation sites excluding steroid dienone is 4. The van der Waals surface area contributed by atoms with Crippen molar-refractivity contribution in [3.63, 3.8) is 0 Å². The number of carbonyl (C=O) groups excluding carboxylic acids is 2. The second kappa shape index (κ2) is 27.2. The van der Waals surface area contributed by atoms with E-state index in [1.54, 1.807) is 51.1 Å². The lowest BCUT2D eigenvalue weighted by atomic mass is 10.0. The molecule has 0 bridgehead atoms. The number of anilines is 1. The minimum absolute atomic E-state index is 0.0147. The summed E-state index contributed by atoms with van der Waals surface area (Å²) in [5.41, 5.74) is 3.12. The van der Waals surface area contributed by atoms with E-state index in [4.69, 9.17) is 33.9 Å². The number of carboxylic acid groups (broad SMARTS) is 2. The second-order valence-electron chi connectivity index (χ2n) is 12.5. The molecular formula is C40H51N5O11S. The average molecular weight is 810 g/mol. The van der Waals surface area contributed by atoms with Crippen LogP contribution in [-0.4, -0.2) is 100 Å². The molecule has 17 heteroatoms. The number of nitriles is 2. The summed E-state index contributed by atoms with van der Waals surface area (Å²) in [6, 6.07) is 9.77. The summed E-state index contributed by atoms with van der Waals surface area (Å²) in [7, 11) is 0. The van der Waals surface area contributed by atoms with Crippen molar-refractivity contribution in [2.45, 2.75) is 53.4 Å². The van der Waals surface area contributed by atoms with Gasteiger partial charge in [0.05, 0.1) is 75.6 Å². The minimum Gasteiger partial charge on any atom is -0.481 e. The van der Waals surface area contributed by atoms with Gasteiger partial charge in [-0.05, 0) is 69.9 Å². The van der Waals surface area contributed by atoms with Crippen LogP contribution in [0.5, 0.6) is 0 Å². The highest BCUT2D eigenvalue weighted by molar-refractivity contribution is 7.16. The Bertz CT molecular complexity index is 1790. The van der Waals surface area contributed by atoms with Gasteiger partial charge in [0.2, 0.25) is 0 Å². The summed E-state index contributed by atoms with van der Waals surface area (Å²) in [6.07, 6.45) is 6.85. The molecule has 2 N–H and O–H groups in total. The number of carboxylic acids is 2. The Hall–Kier alpha value is -5.46. The fourth-order valence-corrected chi connectivity index (χ4v) is 6.06. The molecule has 0 amide bonds. The first kappa shape index (κ1) is 47.7. The van der Waals surface area contributed by atoms with Gasteiger partial charge in [0.1, 0.15) is 30.2 Å². The molecule has 2 rings (SSSR count). The third kappa shape index (κ3) is 17.9. The van der Waals surface area contributed by atoms with Gasteiger partial charge in [0.15, 0.2) is 5.00 Å². The first-order chi connectivity index (χ1) is 27.4. The van der Waals surface area contributed by atoms with E-state index in [-0.39, 0.29) is 71.9 Å². The summed E-state index contributed by atoms with van der Waals surface area (Å²) >= 11 is 1.11. The van der Waals surface area contributed by atoms with Gasteiger partial charge >= 0.3 is 23.9 Å². The van der Waals surface area contributed by atoms with Crippen molar-refractivity contribution >= 4 is 51.6 Å². The highest BCUT2D eigenvalue weighted by atomic mass is 32.1. The maximum Gasteiger partial charge on any atom is 0.309 e. The van der Waals surface area contributed by atoms with Gasteiger partial charge in [-0.3, -0.25) is 19.2 Å². The molecule has 308 valence electrons. The standard InChI is InChI=1S/C40H51N5O11S/c1-5-7-9-30(24-36(46)47)39(50)55-21-19-53-16-14-45(13-15-52-17-18-54-20-22-56-40(51)31(10-8-6-2)25-37(48)49)32-11-12-34(28(3)23-32)43-44-38-33(26-41)29(4)35(27-42)57-38/h5-8,11-12,23,30-31H,9-10,13-22,24-25H2,1-4H3,(H,46,47)(H,48,49)/b7-5+,8-6+,44-43?. The van der Waals surface area contributed by atoms with Crippen LogP contribution in [0.4, 0.5) is 16.4 Å². The maximum absolute atomic E-state index is 12.4. The lowest BCUT2D eigenvalue weighted by Crippen LogP contribution is -2.32. The monoisotopic (exact) mass is 809 g/mol. The number of esters is 2. The van der Waals surface area contributed by atoms with Gasteiger partial charge in [-0.2, -0.15) is 10.5 Å². The number of hydrogen-bond donors (Lipinski definition) is 2. The Labute approximate surface area is 336 Å². The number of nitrogens with zero attached hydrogens (tertiary/aromatic N) is 5. The highest BCUT2D eigenvalue weighted by Crippen LogP contribution is 2.36. The van der Waals surface area contributed by atoms with Crippen LogP contribution in [-0.2, 0) is 42.9 Å². The SMILES string of the molecule is C/C=C/CC(CC(=O)O)C(=O)OCCOCCOCCN(CCOCCOC(=O)C(C/C=C/C)CC(=O)O)c1ccc(N=Nc2sc(C#N)c(C)c2C#N)c(C)c1. The van der Waals surface area contributed by atoms with Gasteiger partial charge in [-0.1, -0.05) is 24.3 Å². The Morgan fingerprint density at radius 1 is 0.772 bits per heavy atom. The number of azo groups is 1. The van der Waals surface area contributed by atoms with E-state index in [1.807, 2.05) is 24.0 Å². The summed E-state index contributed by atoms with van der Waals surface area (Å²) < 4.78 is 27.5. The topological polar surface area (TPSA) is 230 Å². The van der Waals surface area contributed by atoms with E-state index < -0.39 is 35.7 Å². The molecule has 0 aliphatic carbocycles. The Balaban J connectivity index is 1.96. The van der Waals surface area contributed by atoms with Crippen LogP contribution in [0.25, 0.3) is 0 Å². The van der Waals surface area contributed by atoms with E-state index in [0.717, 1.165) is 22.6 Å². The first-order valence-corrected chi connectivity index (χ1v) is 19.2. The molecule has 0 aliphatic rings. The van der Waals surface area contributed by atoms with Crippen LogP contribution in [0.3, 0.4) is 0 Å². The Morgan fingerprint density at radius 2 is 1.28 bits per heavy atom. The number of aliphatic carboxylic acids is 2. The van der Waals surface area contributed by atoms with Crippen LogP contribution >= 0.6 is 11.3 Å². The van der Waals surface area contributed by atoms with Crippen LogP contribution in [0, 0.1) is 48.3 Å². The zero-order valence-corrected chi connectivity index (χ0v) is 33.6. The maximum atomic E-state index is 12.4. The zero-order chi connectivity index (χ0) is 42.0. The van der Waals surface area contributed by atoms with Crippen molar-refractivity contribution in [3.8, 4) is 12.1 Å². The summed E-state index contributed by atoms with van der Waals surface area (Å²) in [5.74, 6) is -4.88. The normalized spacial score (nSPS) is 12.4. The lowest BCUT2D eigenvalue weighted by molar-refractivity contribution is -0.154. The molecular weight excluding hydrogens is 759 g/mol. The molecule has 1 aromatic heterocycles. The molecule has 0 spiro atoms. The van der Waals surface area contributed by atoms with Gasteiger partial charge < -0.3 is 38.8 Å². The smallest absolute Gasteiger partial charge is 0.309 e. The largest absolute Gasteiger partial charge is 0.481 e. The minimum atomic E-state index is -1.08. The molecule has 0 aliphatic heterocycles. The third-order valence-electron chi connectivity index (χ3n) is 8.28. The number of rotatable bonds is 28. The first-order valence-electron chi connectivity index (χ1n) is 18.4. The molecule has 2 atom stereocenters. The Kier molecular flexibility index (Phi) is 22.8. The second-order valence-corrected chi connectivity index (χ2v) is 13.5. The average Bonchev–Trinajstić information content (AvgIpc) is 3.50. The molecule has 57 heavy (non-hydrogen) atoms. The molecule has 0 radical (unpaired) electrons. The molecule has 0 saturated carbocycles. The molecule has 0 fully saturated rings. The van der Waals surface area contributed by atoms with Gasteiger partial charge in [-0.15, -0.1) is 21.6 Å². The number of thiophene rings is 1. The molecule has 1 heterocycles. The molecule has 2 aromatic rings. The third-order valence-corrected chi connectivity index (χ3v) is 9.36. The summed E-state index contributed by atoms with van der Waals surface area (Å²) in [5, 5.41) is 46.1. The van der Waals surface area contributed by atoms with Crippen molar-refractivity contribution < 1.29 is 53.1 Å². The molecule has 1 aromatic carbocycles. The molecule has 16 nitrogen and oxygen atoms in total. The molecule has 2 unspecified atom stereocenters. The summed E-state index contributed by atoms with van der Waals surface area (Å²) in [6.45, 7) is 9.35. The highest BCUT2D eigenvalue weighted by Gasteiger charge is 2.23. The summed E-state index contributed by atoms with van der Waals surface area (Å²) in [4.78, 5) is 49.4. The van der Waals surface area contributed by atoms with Gasteiger partial charge in [0.25, 0.3) is 0 Å². The number of hydrogen-bond acceptors (Lipinski definition) is 15. The predicted molar refractivity (Wildman–Crippen MR) is 211 cm³/mol. The van der Waals surface area contributed by atoms with Crippen molar-refractivity contribution in [2.24, 2.45) is 22.1 Å². The van der Waals surface area contributed by atoms with Crippen molar-refractivity contribution in [3.05, 3.63) is 64.1 Å². The van der Waals surface area contributed by atoms with E-state index in [0.29, 0.717) is 46.4 Å². The van der Waals surface area contributed by atoms with Crippen molar-refractivity contribution in [2.75, 3.05) is 70.8 Å². The number of aryl methyl sites for hydroxylation is 1. The van der Waals surface area contributed by atoms with Crippen molar-refractivity contribution in [1.29, 1.82) is 10.5 Å². The lowest BCUT2D eigenvalue weighted by Gasteiger charge is -2.25. The Morgan fingerprint density at radius 3 is 1.74 bits per heavy atom. The van der Waals surface area contributed by atoms with E-state index in [9.17, 15) is 29.7 Å². The van der Waals surface area contributed by atoms with Crippen LogP contribution in [0.15, 0.2) is 52.7 Å². The van der Waals surface area contributed by atoms with Crippen LogP contribution in [0.1, 0.15) is 61.1 Å². The molecule has 0 saturated heterocycles. The number of benzene rings is 1. The van der Waals surface area contributed by atoms with Crippen LogP contribution in [0.2, 0.25) is 0 Å². The van der Waals surface area contributed by atoms with Crippen LogP contribution < -0.4 is 4.90 Å². The fourth-order valence-electron chi connectivity index (χ4n) is 5.18. The fraction of sp³-hybridized carbons (Fsp3) is 0.500. The van der Waals surface area contributed by atoms with Crippen molar-refractivity contribution in [1.82, 2.24) is 0 Å². The zero-order valence-electron chi connectivity index (χ0n) is 32.8.